The normalized spacial score (nSPS) is 28.8. The van der Waals surface area contributed by atoms with Crippen LogP contribution in [-0.2, 0) is 16.8 Å². The number of piperidine rings is 1. The number of hydrogen-bond acceptors (Lipinski definition) is 3. The molecule has 0 spiro atoms. The highest BCUT2D eigenvalue weighted by atomic mass is 16.5. The van der Waals surface area contributed by atoms with E-state index < -0.39 is 0 Å². The van der Waals surface area contributed by atoms with Crippen LogP contribution in [0.3, 0.4) is 0 Å². The highest BCUT2D eigenvalue weighted by molar-refractivity contribution is 5.34. The van der Waals surface area contributed by atoms with Crippen molar-refractivity contribution in [1.29, 1.82) is 0 Å². The number of ether oxygens (including phenoxy) is 1. The second-order valence-corrected chi connectivity index (χ2v) is 7.87. The maximum atomic E-state index is 10.0. The molecule has 4 rings (SSSR count). The van der Waals surface area contributed by atoms with Crippen LogP contribution in [0, 0.1) is 11.8 Å². The van der Waals surface area contributed by atoms with Crippen molar-refractivity contribution in [3.8, 4) is 5.75 Å². The second-order valence-electron chi connectivity index (χ2n) is 7.87. The summed E-state index contributed by atoms with van der Waals surface area (Å²) in [5.41, 5.74) is 2.31. The van der Waals surface area contributed by atoms with Crippen LogP contribution >= 0.6 is 0 Å². The zero-order chi connectivity index (χ0) is 18.0. The zero-order valence-electron chi connectivity index (χ0n) is 15.6. The minimum absolute atomic E-state index is 0.250. The third-order valence-electron chi connectivity index (χ3n) is 6.47. The number of fused-ring (bicyclic) bond motifs is 2. The minimum Gasteiger partial charge on any atom is -0.508 e. The highest BCUT2D eigenvalue weighted by Gasteiger charge is 2.53. The molecule has 1 saturated carbocycles. The molecule has 2 unspecified atom stereocenters. The number of rotatable bonds is 5. The quantitative estimate of drug-likeness (QED) is 0.876. The Balaban J connectivity index is 1.54. The van der Waals surface area contributed by atoms with E-state index in [1.165, 1.54) is 24.8 Å². The van der Waals surface area contributed by atoms with Crippen molar-refractivity contribution in [2.24, 2.45) is 11.8 Å². The van der Waals surface area contributed by atoms with E-state index in [-0.39, 0.29) is 5.60 Å². The van der Waals surface area contributed by atoms with Crippen molar-refractivity contribution in [3.05, 3.63) is 65.7 Å². The fraction of sp³-hybridized carbons (Fsp3) is 0.478. The topological polar surface area (TPSA) is 32.7 Å². The molecular formula is C23H29NO2. The van der Waals surface area contributed by atoms with Gasteiger partial charge in [-0.3, -0.25) is 0 Å². The summed E-state index contributed by atoms with van der Waals surface area (Å²) in [5, 5.41) is 10.0. The Morgan fingerprint density at radius 1 is 1.04 bits per heavy atom. The van der Waals surface area contributed by atoms with E-state index >= 15 is 0 Å². The molecule has 26 heavy (non-hydrogen) atoms. The SMILES string of the molecule is COC1(c2cccc(O)c2)C2CCCC1CN(CCc1ccccc1)C2. The van der Waals surface area contributed by atoms with Crippen molar-refractivity contribution < 1.29 is 9.84 Å². The van der Waals surface area contributed by atoms with Gasteiger partial charge in [0.25, 0.3) is 0 Å². The van der Waals surface area contributed by atoms with Gasteiger partial charge in [-0.25, -0.2) is 0 Å². The molecule has 2 aliphatic rings. The van der Waals surface area contributed by atoms with Gasteiger partial charge < -0.3 is 14.7 Å². The van der Waals surface area contributed by atoms with Crippen molar-refractivity contribution in [1.82, 2.24) is 4.90 Å². The Hall–Kier alpha value is -1.84. The summed E-state index contributed by atoms with van der Waals surface area (Å²) >= 11 is 0. The molecular weight excluding hydrogens is 322 g/mol. The van der Waals surface area contributed by atoms with E-state index in [2.05, 4.69) is 41.3 Å². The lowest BCUT2D eigenvalue weighted by molar-refractivity contribution is -0.168. The molecule has 0 radical (unpaired) electrons. The van der Waals surface area contributed by atoms with Gasteiger partial charge in [-0.05, 0) is 42.5 Å². The summed E-state index contributed by atoms with van der Waals surface area (Å²) in [6.45, 7) is 3.26. The Morgan fingerprint density at radius 2 is 1.77 bits per heavy atom. The first-order chi connectivity index (χ1) is 12.7. The smallest absolute Gasteiger partial charge is 0.115 e. The van der Waals surface area contributed by atoms with Crippen LogP contribution in [0.4, 0.5) is 0 Å². The second kappa shape index (κ2) is 7.42. The minimum atomic E-state index is -0.250. The van der Waals surface area contributed by atoms with Gasteiger partial charge in [0.15, 0.2) is 0 Å². The molecule has 0 amide bonds. The lowest BCUT2D eigenvalue weighted by Gasteiger charge is -2.55. The van der Waals surface area contributed by atoms with Gasteiger partial charge in [0.1, 0.15) is 11.4 Å². The molecule has 2 aromatic carbocycles. The summed E-state index contributed by atoms with van der Waals surface area (Å²) in [4.78, 5) is 2.63. The summed E-state index contributed by atoms with van der Waals surface area (Å²) in [7, 11) is 1.86. The molecule has 2 aromatic rings. The Kier molecular flexibility index (Phi) is 5.01. The summed E-state index contributed by atoms with van der Waals surface area (Å²) in [6, 6.07) is 18.5. The number of nitrogens with zero attached hydrogens (tertiary/aromatic N) is 1. The maximum absolute atomic E-state index is 10.0. The average Bonchev–Trinajstić information content (AvgIpc) is 2.66. The van der Waals surface area contributed by atoms with Gasteiger partial charge in [-0.1, -0.05) is 48.9 Å². The molecule has 2 bridgehead atoms. The number of phenols is 1. The molecule has 138 valence electrons. The predicted molar refractivity (Wildman–Crippen MR) is 104 cm³/mol. The van der Waals surface area contributed by atoms with E-state index in [4.69, 9.17) is 4.74 Å². The predicted octanol–water partition coefficient (Wildman–Crippen LogP) is 4.21. The van der Waals surface area contributed by atoms with E-state index in [0.717, 1.165) is 31.6 Å². The van der Waals surface area contributed by atoms with Gasteiger partial charge in [-0.2, -0.15) is 0 Å². The number of benzene rings is 2. The summed E-state index contributed by atoms with van der Waals surface area (Å²) in [6.07, 6.45) is 4.78. The number of hydrogen-bond donors (Lipinski definition) is 1. The number of aromatic hydroxyl groups is 1. The summed E-state index contributed by atoms with van der Waals surface area (Å²) < 4.78 is 6.26. The van der Waals surface area contributed by atoms with Gasteiger partial charge in [0.2, 0.25) is 0 Å². The van der Waals surface area contributed by atoms with E-state index in [1.807, 2.05) is 19.2 Å². The first-order valence-electron chi connectivity index (χ1n) is 9.83. The van der Waals surface area contributed by atoms with Crippen molar-refractivity contribution in [2.45, 2.75) is 31.3 Å². The Bertz CT molecular complexity index is 716. The van der Waals surface area contributed by atoms with Crippen LogP contribution in [0.15, 0.2) is 54.6 Å². The molecule has 2 fully saturated rings. The number of phenolic OH excluding ortho intramolecular Hbond substituents is 1. The zero-order valence-corrected chi connectivity index (χ0v) is 15.6. The standard InChI is InChI=1S/C23H29NO2/c1-26-23(19-9-6-12-22(25)15-19)20-10-5-11-21(23)17-24(16-20)14-13-18-7-3-2-4-8-18/h2-4,6-9,12,15,20-21,25H,5,10-11,13-14,16-17H2,1H3. The Labute approximate surface area is 156 Å². The molecule has 1 N–H and O–H groups in total. The third kappa shape index (κ3) is 3.15. The lowest BCUT2D eigenvalue weighted by atomic mass is 9.62. The van der Waals surface area contributed by atoms with Crippen LogP contribution in [0.25, 0.3) is 0 Å². The molecule has 1 heterocycles. The molecule has 2 atom stereocenters. The largest absolute Gasteiger partial charge is 0.508 e. The molecule has 1 aliphatic carbocycles. The monoisotopic (exact) mass is 351 g/mol. The van der Waals surface area contributed by atoms with Crippen molar-refractivity contribution in [2.75, 3.05) is 26.7 Å². The van der Waals surface area contributed by atoms with Crippen molar-refractivity contribution >= 4 is 0 Å². The fourth-order valence-electron chi connectivity index (χ4n) is 5.31. The summed E-state index contributed by atoms with van der Waals surface area (Å²) in [5.74, 6) is 1.30. The van der Waals surface area contributed by atoms with Gasteiger partial charge in [0.05, 0.1) is 0 Å². The number of likely N-dealkylation sites (tertiary alicyclic amines) is 1. The number of methoxy groups -OCH3 is 1. The van der Waals surface area contributed by atoms with Crippen LogP contribution in [-0.4, -0.2) is 36.8 Å². The average molecular weight is 351 g/mol. The molecule has 3 heteroatoms. The molecule has 1 saturated heterocycles. The lowest BCUT2D eigenvalue weighted by Crippen LogP contribution is -2.59. The first kappa shape index (κ1) is 17.6. The van der Waals surface area contributed by atoms with E-state index in [1.54, 1.807) is 6.07 Å². The van der Waals surface area contributed by atoms with E-state index in [9.17, 15) is 5.11 Å². The molecule has 1 aliphatic heterocycles. The van der Waals surface area contributed by atoms with Gasteiger partial charge in [0, 0.05) is 38.6 Å². The third-order valence-corrected chi connectivity index (χ3v) is 6.47. The van der Waals surface area contributed by atoms with Crippen LogP contribution in [0.5, 0.6) is 5.75 Å². The first-order valence-corrected chi connectivity index (χ1v) is 9.83. The molecule has 3 nitrogen and oxygen atoms in total. The highest BCUT2D eigenvalue weighted by Crippen LogP contribution is 2.51. The maximum Gasteiger partial charge on any atom is 0.115 e. The van der Waals surface area contributed by atoms with Crippen LogP contribution in [0.2, 0.25) is 0 Å². The fourth-order valence-corrected chi connectivity index (χ4v) is 5.31. The molecule has 0 aromatic heterocycles. The van der Waals surface area contributed by atoms with Gasteiger partial charge >= 0.3 is 0 Å². The van der Waals surface area contributed by atoms with Crippen LogP contribution in [0.1, 0.15) is 30.4 Å². The van der Waals surface area contributed by atoms with Crippen LogP contribution < -0.4 is 0 Å². The van der Waals surface area contributed by atoms with Crippen molar-refractivity contribution in [3.63, 3.8) is 0 Å². The van der Waals surface area contributed by atoms with Gasteiger partial charge in [-0.15, -0.1) is 0 Å². The van der Waals surface area contributed by atoms with E-state index in [0.29, 0.717) is 17.6 Å². The Morgan fingerprint density at radius 3 is 2.42 bits per heavy atom.